The Balaban J connectivity index is 1.49. The maximum absolute atomic E-state index is 15.2. The molecule has 4 aromatic rings. The zero-order chi connectivity index (χ0) is 29.1. The minimum atomic E-state index is -4.53. The number of halogens is 3. The van der Waals surface area contributed by atoms with Crippen LogP contribution in [0.1, 0.15) is 25.5 Å². The molecule has 2 aromatic carbocycles. The number of benzene rings is 2. The molecule has 41 heavy (non-hydrogen) atoms. The Bertz CT molecular complexity index is 1760. The summed E-state index contributed by atoms with van der Waals surface area (Å²) in [5.41, 5.74) is 7.17. The predicted molar refractivity (Wildman–Crippen MR) is 149 cm³/mol. The SMILES string of the molecule is COCn1nccc/c1=N\S(=O)(=O)c1cc(Cl)c(Oc2ccc(Cl)cc2-c2cn(C3CCCCO3)nc2N)cc1F. The lowest BCUT2D eigenvalue weighted by Gasteiger charge is -2.22. The average molecular weight is 623 g/mol. The highest BCUT2D eigenvalue weighted by molar-refractivity contribution is 7.90. The zero-order valence-electron chi connectivity index (χ0n) is 21.7. The first-order valence-electron chi connectivity index (χ1n) is 12.4. The van der Waals surface area contributed by atoms with Gasteiger partial charge in [-0.2, -0.15) is 18.6 Å². The number of rotatable bonds is 8. The first kappa shape index (κ1) is 29.0. The van der Waals surface area contributed by atoms with Crippen molar-refractivity contribution >= 4 is 39.0 Å². The topological polar surface area (TPSA) is 136 Å². The van der Waals surface area contributed by atoms with Crippen molar-refractivity contribution in [3.05, 3.63) is 76.2 Å². The molecule has 216 valence electrons. The van der Waals surface area contributed by atoms with Crippen LogP contribution in [-0.4, -0.2) is 41.7 Å². The summed E-state index contributed by atoms with van der Waals surface area (Å²) in [5, 5.41) is 8.62. The van der Waals surface area contributed by atoms with Gasteiger partial charge in [0.05, 0.1) is 5.02 Å². The van der Waals surface area contributed by atoms with E-state index in [-0.39, 0.29) is 40.8 Å². The third-order valence-corrected chi connectivity index (χ3v) is 8.02. The summed E-state index contributed by atoms with van der Waals surface area (Å²) in [7, 11) is -3.12. The largest absolute Gasteiger partial charge is 0.455 e. The van der Waals surface area contributed by atoms with Crippen molar-refractivity contribution in [2.45, 2.75) is 37.1 Å². The summed E-state index contributed by atoms with van der Waals surface area (Å²) in [6, 6.07) is 9.47. The van der Waals surface area contributed by atoms with Gasteiger partial charge in [0, 0.05) is 48.3 Å². The van der Waals surface area contributed by atoms with Crippen LogP contribution >= 0.6 is 23.2 Å². The number of hydrogen-bond acceptors (Lipinski definition) is 8. The Morgan fingerprint density at radius 1 is 1.17 bits per heavy atom. The van der Waals surface area contributed by atoms with Crippen LogP contribution in [0.5, 0.6) is 11.5 Å². The summed E-state index contributed by atoms with van der Waals surface area (Å²) in [5.74, 6) is -0.799. The number of anilines is 1. The van der Waals surface area contributed by atoms with E-state index in [9.17, 15) is 8.42 Å². The lowest BCUT2D eigenvalue weighted by Crippen LogP contribution is -2.25. The molecule has 1 aliphatic rings. The standard InChI is InChI=1S/C26H25Cl2FN6O5S/c1-38-15-35-24(5-4-9-31-35)33-41(36,37)23-12-19(28)22(13-20(23)29)40-21-8-7-16(27)11-17(21)18-14-34(32-26(18)30)25-6-2-3-10-39-25/h4-5,7-9,11-14,25H,2-3,6,10,15H2,1H3,(H2,30,32)/b33-24+. The van der Waals surface area contributed by atoms with E-state index in [1.54, 1.807) is 29.1 Å². The van der Waals surface area contributed by atoms with Gasteiger partial charge in [-0.25, -0.2) is 13.8 Å². The first-order valence-corrected chi connectivity index (χ1v) is 14.6. The molecule has 11 nitrogen and oxygen atoms in total. The molecular weight excluding hydrogens is 598 g/mol. The Morgan fingerprint density at radius 2 is 2.00 bits per heavy atom. The minimum absolute atomic E-state index is 0.0623. The fourth-order valence-corrected chi connectivity index (χ4v) is 5.78. The van der Waals surface area contributed by atoms with Gasteiger partial charge in [0.15, 0.2) is 11.3 Å². The lowest BCUT2D eigenvalue weighted by atomic mass is 10.1. The van der Waals surface area contributed by atoms with Crippen LogP contribution in [0.15, 0.2) is 64.2 Å². The molecule has 1 atom stereocenters. The summed E-state index contributed by atoms with van der Waals surface area (Å²) in [4.78, 5) is -0.739. The third kappa shape index (κ3) is 6.39. The molecule has 1 fully saturated rings. The number of aromatic nitrogens is 4. The molecule has 1 saturated heterocycles. The Kier molecular flexibility index (Phi) is 8.61. The zero-order valence-corrected chi connectivity index (χ0v) is 24.0. The Morgan fingerprint density at radius 3 is 2.76 bits per heavy atom. The molecule has 0 bridgehead atoms. The molecule has 2 aromatic heterocycles. The molecule has 2 N–H and O–H groups in total. The van der Waals surface area contributed by atoms with Crippen molar-refractivity contribution in [2.75, 3.05) is 19.5 Å². The van der Waals surface area contributed by atoms with Crippen LogP contribution in [0.2, 0.25) is 10.0 Å². The molecule has 0 amide bonds. The van der Waals surface area contributed by atoms with E-state index in [1.807, 2.05) is 0 Å². The number of ether oxygens (including phenoxy) is 3. The van der Waals surface area contributed by atoms with Gasteiger partial charge >= 0.3 is 0 Å². The molecule has 1 unspecified atom stereocenters. The van der Waals surface area contributed by atoms with Gasteiger partial charge in [0.25, 0.3) is 10.0 Å². The Hall–Kier alpha value is -3.49. The van der Waals surface area contributed by atoms with E-state index in [1.165, 1.54) is 30.1 Å². The lowest BCUT2D eigenvalue weighted by molar-refractivity contribution is -0.0392. The maximum atomic E-state index is 15.2. The molecule has 1 aliphatic heterocycles. The maximum Gasteiger partial charge on any atom is 0.287 e. The van der Waals surface area contributed by atoms with Crippen molar-refractivity contribution in [1.29, 1.82) is 0 Å². The molecular formula is C26H25Cl2FN6O5S. The van der Waals surface area contributed by atoms with E-state index in [2.05, 4.69) is 14.6 Å². The predicted octanol–water partition coefficient (Wildman–Crippen LogP) is 5.16. The highest BCUT2D eigenvalue weighted by atomic mass is 35.5. The molecule has 15 heteroatoms. The van der Waals surface area contributed by atoms with Crippen molar-refractivity contribution in [3.63, 3.8) is 0 Å². The molecule has 0 saturated carbocycles. The van der Waals surface area contributed by atoms with Crippen LogP contribution in [0.25, 0.3) is 11.1 Å². The summed E-state index contributed by atoms with van der Waals surface area (Å²) < 4.78 is 64.6. The number of sulfonamides is 1. The molecule has 3 heterocycles. The van der Waals surface area contributed by atoms with Gasteiger partial charge in [-0.3, -0.25) is 0 Å². The quantitative estimate of drug-likeness (QED) is 0.284. The second-order valence-corrected chi connectivity index (χ2v) is 11.5. The fourth-order valence-electron chi connectivity index (χ4n) is 4.26. The number of nitrogen functional groups attached to an aromatic ring is 1. The van der Waals surface area contributed by atoms with Crippen LogP contribution in [0.4, 0.5) is 10.2 Å². The molecule has 0 spiro atoms. The monoisotopic (exact) mass is 622 g/mol. The molecule has 0 radical (unpaired) electrons. The molecule has 0 aliphatic carbocycles. The second kappa shape index (κ2) is 12.2. The van der Waals surface area contributed by atoms with E-state index >= 15 is 4.39 Å². The van der Waals surface area contributed by atoms with Crippen LogP contribution < -0.4 is 16.0 Å². The van der Waals surface area contributed by atoms with Crippen molar-refractivity contribution in [2.24, 2.45) is 4.40 Å². The number of hydrogen-bond donors (Lipinski definition) is 1. The van der Waals surface area contributed by atoms with Gasteiger partial charge < -0.3 is 19.9 Å². The number of methoxy groups -OCH3 is 1. The van der Waals surface area contributed by atoms with Crippen molar-refractivity contribution in [3.8, 4) is 22.6 Å². The first-order chi connectivity index (χ1) is 19.7. The number of nitrogens with two attached hydrogens (primary N) is 1. The Labute approximate surface area is 244 Å². The number of nitrogens with zero attached hydrogens (tertiary/aromatic N) is 5. The minimum Gasteiger partial charge on any atom is -0.455 e. The van der Waals surface area contributed by atoms with Crippen LogP contribution in [0, 0.1) is 5.82 Å². The normalized spacial score (nSPS) is 16.2. The average Bonchev–Trinajstić information content (AvgIpc) is 3.34. The van der Waals surface area contributed by atoms with E-state index in [4.69, 9.17) is 43.1 Å². The van der Waals surface area contributed by atoms with Gasteiger partial charge in [-0.15, -0.1) is 4.40 Å². The molecule has 5 rings (SSSR count). The highest BCUT2D eigenvalue weighted by Gasteiger charge is 2.24. The summed E-state index contributed by atoms with van der Waals surface area (Å²) in [6.07, 6.45) is 5.70. The van der Waals surface area contributed by atoms with Crippen molar-refractivity contribution in [1.82, 2.24) is 19.6 Å². The van der Waals surface area contributed by atoms with Gasteiger partial charge in [0.2, 0.25) is 0 Å². The summed E-state index contributed by atoms with van der Waals surface area (Å²) in [6.45, 7) is 0.565. The summed E-state index contributed by atoms with van der Waals surface area (Å²) >= 11 is 12.7. The van der Waals surface area contributed by atoms with Crippen LogP contribution in [-0.2, 0) is 26.2 Å². The van der Waals surface area contributed by atoms with E-state index in [0.29, 0.717) is 22.8 Å². The van der Waals surface area contributed by atoms with Crippen molar-refractivity contribution < 1.29 is 27.0 Å². The van der Waals surface area contributed by atoms with Gasteiger partial charge in [0.1, 0.15) is 35.2 Å². The highest BCUT2D eigenvalue weighted by Crippen LogP contribution is 2.41. The van der Waals surface area contributed by atoms with E-state index < -0.39 is 20.7 Å². The van der Waals surface area contributed by atoms with Crippen LogP contribution in [0.3, 0.4) is 0 Å². The third-order valence-electron chi connectivity index (χ3n) is 6.19. The second-order valence-electron chi connectivity index (χ2n) is 9.05. The van der Waals surface area contributed by atoms with E-state index in [0.717, 1.165) is 31.4 Å². The van der Waals surface area contributed by atoms with Gasteiger partial charge in [-0.05, 0) is 55.7 Å². The smallest absolute Gasteiger partial charge is 0.287 e. The fraction of sp³-hybridized carbons (Fsp3) is 0.269. The van der Waals surface area contributed by atoms with Gasteiger partial charge in [-0.1, -0.05) is 23.2 Å².